The second kappa shape index (κ2) is 8.63. The quantitative estimate of drug-likeness (QED) is 0.360. The molecule has 5 rings (SSSR count). The maximum atomic E-state index is 13.0. The summed E-state index contributed by atoms with van der Waals surface area (Å²) in [4.78, 5) is 25.9. The Balaban J connectivity index is 1.43. The van der Waals surface area contributed by atoms with Crippen molar-refractivity contribution < 1.29 is 14.6 Å². The monoisotopic (exact) mass is 439 g/mol. The van der Waals surface area contributed by atoms with Crippen molar-refractivity contribution in [2.24, 2.45) is 5.10 Å². The van der Waals surface area contributed by atoms with Crippen LogP contribution in [-0.4, -0.2) is 21.8 Å². The van der Waals surface area contributed by atoms with Gasteiger partial charge >= 0.3 is 0 Å². The molecule has 0 aliphatic carbocycles. The molecule has 164 valence electrons. The number of amides is 1. The lowest BCUT2D eigenvalue weighted by Crippen LogP contribution is -2.33. The summed E-state index contributed by atoms with van der Waals surface area (Å²) < 4.78 is 7.45. The summed E-state index contributed by atoms with van der Waals surface area (Å²) in [6, 6.07) is 22.0. The molecule has 0 bridgehead atoms. The lowest BCUT2D eigenvalue weighted by Gasteiger charge is -2.21. The van der Waals surface area contributed by atoms with E-state index in [2.05, 4.69) is 10.5 Å². The first-order valence-electron chi connectivity index (χ1n) is 10.7. The minimum absolute atomic E-state index is 0.312. The van der Waals surface area contributed by atoms with Gasteiger partial charge in [0.05, 0.1) is 11.7 Å². The van der Waals surface area contributed by atoms with Gasteiger partial charge in [-0.15, -0.1) is 0 Å². The van der Waals surface area contributed by atoms with E-state index in [1.165, 1.54) is 6.21 Å². The van der Waals surface area contributed by atoms with Crippen LogP contribution in [0.15, 0.2) is 82.7 Å². The average Bonchev–Trinajstić information content (AvgIpc) is 2.84. The zero-order valence-corrected chi connectivity index (χ0v) is 17.7. The van der Waals surface area contributed by atoms with E-state index in [-0.39, 0.29) is 11.3 Å². The van der Waals surface area contributed by atoms with Gasteiger partial charge in [-0.05, 0) is 48.7 Å². The van der Waals surface area contributed by atoms with Crippen LogP contribution in [0.2, 0.25) is 0 Å². The molecule has 33 heavy (non-hydrogen) atoms. The van der Waals surface area contributed by atoms with Crippen molar-refractivity contribution >= 4 is 23.0 Å². The van der Waals surface area contributed by atoms with Crippen molar-refractivity contribution in [2.75, 3.05) is 0 Å². The number of aryl methyl sites for hydroxylation is 2. The zero-order valence-electron chi connectivity index (χ0n) is 17.7. The standard InChI is InChI=1S/C26H21N3O4/c30-24-20-13-6-9-17-10-7-15-29(23(17)20)26(32)22(24)25(31)28-27-16-18-8-4-5-14-21(18)33-19-11-2-1-3-12-19/h1-6,8-9,11-14,16,30H,7,10,15H2,(H,28,31)/b27-16-. The molecule has 0 unspecified atom stereocenters. The zero-order chi connectivity index (χ0) is 22.8. The number of hydrogen-bond donors (Lipinski definition) is 2. The van der Waals surface area contributed by atoms with Crippen LogP contribution in [0.4, 0.5) is 0 Å². The van der Waals surface area contributed by atoms with Gasteiger partial charge in [-0.25, -0.2) is 5.43 Å². The molecule has 0 atom stereocenters. The van der Waals surface area contributed by atoms with Crippen molar-refractivity contribution in [2.45, 2.75) is 19.4 Å². The normalized spacial score (nSPS) is 12.7. The van der Waals surface area contributed by atoms with E-state index >= 15 is 0 Å². The maximum absolute atomic E-state index is 13.0. The van der Waals surface area contributed by atoms with E-state index < -0.39 is 11.5 Å². The van der Waals surface area contributed by atoms with Crippen molar-refractivity contribution in [3.63, 3.8) is 0 Å². The summed E-state index contributed by atoms with van der Waals surface area (Å²) in [5.41, 5.74) is 3.86. The van der Waals surface area contributed by atoms with E-state index in [0.717, 1.165) is 18.4 Å². The molecule has 3 aromatic carbocycles. The molecule has 2 N–H and O–H groups in total. The molecule has 4 aromatic rings. The topological polar surface area (TPSA) is 92.9 Å². The highest BCUT2D eigenvalue weighted by atomic mass is 16.5. The predicted octanol–water partition coefficient (Wildman–Crippen LogP) is 4.21. The molecule has 1 aromatic heterocycles. The molecule has 0 spiro atoms. The number of hydrogen-bond acceptors (Lipinski definition) is 5. The number of nitrogens with one attached hydrogen (secondary N) is 1. The Hall–Kier alpha value is -4.39. The summed E-state index contributed by atoms with van der Waals surface area (Å²) >= 11 is 0. The number of para-hydroxylation sites is 3. The number of carbonyl (C=O) groups is 1. The summed E-state index contributed by atoms with van der Waals surface area (Å²) in [6.07, 6.45) is 3.07. The number of ether oxygens (including phenoxy) is 1. The number of hydrazone groups is 1. The summed E-state index contributed by atoms with van der Waals surface area (Å²) in [7, 11) is 0. The van der Waals surface area contributed by atoms with E-state index in [0.29, 0.717) is 34.5 Å². The number of aromatic hydroxyl groups is 1. The molecule has 2 heterocycles. The fraction of sp³-hybridized carbons (Fsp3) is 0.115. The lowest BCUT2D eigenvalue weighted by atomic mass is 9.99. The van der Waals surface area contributed by atoms with Crippen LogP contribution < -0.4 is 15.7 Å². The Morgan fingerprint density at radius 3 is 2.67 bits per heavy atom. The molecular formula is C26H21N3O4. The highest BCUT2D eigenvalue weighted by Crippen LogP contribution is 2.31. The number of aromatic nitrogens is 1. The molecule has 0 fully saturated rings. The van der Waals surface area contributed by atoms with E-state index in [1.807, 2.05) is 54.6 Å². The van der Waals surface area contributed by atoms with Crippen LogP contribution in [-0.2, 0) is 13.0 Å². The molecule has 7 heteroatoms. The summed E-state index contributed by atoms with van der Waals surface area (Å²) in [6.45, 7) is 0.500. The van der Waals surface area contributed by atoms with Gasteiger partial charge in [0.15, 0.2) is 0 Å². The molecule has 1 amide bonds. The first-order chi connectivity index (χ1) is 16.1. The van der Waals surface area contributed by atoms with Gasteiger partial charge in [-0.3, -0.25) is 9.59 Å². The van der Waals surface area contributed by atoms with Crippen molar-refractivity contribution in [3.05, 3.63) is 99.8 Å². The number of rotatable bonds is 5. The molecular weight excluding hydrogens is 418 g/mol. The van der Waals surface area contributed by atoms with Crippen molar-refractivity contribution in [1.29, 1.82) is 0 Å². The van der Waals surface area contributed by atoms with Gasteiger partial charge in [-0.1, -0.05) is 42.5 Å². The van der Waals surface area contributed by atoms with Gasteiger partial charge < -0.3 is 14.4 Å². The molecule has 0 saturated heterocycles. The lowest BCUT2D eigenvalue weighted by molar-refractivity contribution is 0.0950. The highest BCUT2D eigenvalue weighted by molar-refractivity contribution is 6.03. The van der Waals surface area contributed by atoms with Gasteiger partial charge in [-0.2, -0.15) is 5.10 Å². The van der Waals surface area contributed by atoms with Crippen molar-refractivity contribution in [1.82, 2.24) is 9.99 Å². The van der Waals surface area contributed by atoms with Crippen LogP contribution in [0, 0.1) is 0 Å². The van der Waals surface area contributed by atoms with Gasteiger partial charge in [0.1, 0.15) is 22.8 Å². The minimum atomic E-state index is -0.767. The number of pyridine rings is 1. The first kappa shape index (κ1) is 20.5. The summed E-state index contributed by atoms with van der Waals surface area (Å²) in [5.74, 6) is 0.143. The minimum Gasteiger partial charge on any atom is -0.506 e. The van der Waals surface area contributed by atoms with Gasteiger partial charge in [0.2, 0.25) is 0 Å². The van der Waals surface area contributed by atoms with Crippen LogP contribution >= 0.6 is 0 Å². The number of carbonyl (C=O) groups excluding carboxylic acids is 1. The molecule has 0 radical (unpaired) electrons. The third-order valence-corrected chi connectivity index (χ3v) is 5.66. The van der Waals surface area contributed by atoms with Crippen LogP contribution in [0.3, 0.4) is 0 Å². The van der Waals surface area contributed by atoms with E-state index in [9.17, 15) is 14.7 Å². The van der Waals surface area contributed by atoms with Crippen LogP contribution in [0.5, 0.6) is 17.2 Å². The highest BCUT2D eigenvalue weighted by Gasteiger charge is 2.24. The number of nitrogens with zero attached hydrogens (tertiary/aromatic N) is 2. The molecule has 1 aliphatic rings. The Kier molecular flexibility index (Phi) is 5.36. The summed E-state index contributed by atoms with van der Waals surface area (Å²) in [5, 5.41) is 15.2. The smallest absolute Gasteiger partial charge is 0.280 e. The molecule has 1 aliphatic heterocycles. The molecule has 0 saturated carbocycles. The average molecular weight is 439 g/mol. The van der Waals surface area contributed by atoms with E-state index in [1.54, 1.807) is 22.8 Å². The van der Waals surface area contributed by atoms with Crippen LogP contribution in [0.1, 0.15) is 27.9 Å². The number of benzene rings is 3. The Bertz CT molecular complexity index is 1440. The largest absolute Gasteiger partial charge is 0.506 e. The SMILES string of the molecule is O=C(N/N=C\c1ccccc1Oc1ccccc1)c1c(O)c2cccc3c2n(c1=O)CCC3. The van der Waals surface area contributed by atoms with Crippen molar-refractivity contribution in [3.8, 4) is 17.2 Å². The van der Waals surface area contributed by atoms with E-state index in [4.69, 9.17) is 4.74 Å². The second-order valence-corrected chi connectivity index (χ2v) is 7.75. The Labute approximate surface area is 189 Å². The fourth-order valence-corrected chi connectivity index (χ4v) is 4.13. The molecule has 7 nitrogen and oxygen atoms in total. The fourth-order valence-electron chi connectivity index (χ4n) is 4.13. The first-order valence-corrected chi connectivity index (χ1v) is 10.7. The Morgan fingerprint density at radius 1 is 1.03 bits per heavy atom. The third-order valence-electron chi connectivity index (χ3n) is 5.66. The third kappa shape index (κ3) is 3.85. The maximum Gasteiger partial charge on any atom is 0.280 e. The van der Waals surface area contributed by atoms with Crippen LogP contribution in [0.25, 0.3) is 10.9 Å². The van der Waals surface area contributed by atoms with Gasteiger partial charge in [0, 0.05) is 17.5 Å². The predicted molar refractivity (Wildman–Crippen MR) is 126 cm³/mol. The van der Waals surface area contributed by atoms with Gasteiger partial charge in [0.25, 0.3) is 11.5 Å². The Morgan fingerprint density at radius 2 is 1.82 bits per heavy atom. The second-order valence-electron chi connectivity index (χ2n) is 7.75.